The van der Waals surface area contributed by atoms with E-state index in [1.165, 1.54) is 0 Å². The van der Waals surface area contributed by atoms with Crippen LogP contribution >= 0.6 is 50.7 Å². The third kappa shape index (κ3) is 2.93. The van der Waals surface area contributed by atoms with E-state index in [0.717, 1.165) is 27.0 Å². The highest BCUT2D eigenvalue weighted by atomic mass is 79.9. The summed E-state index contributed by atoms with van der Waals surface area (Å²) >= 11 is 21.5. The summed E-state index contributed by atoms with van der Waals surface area (Å²) in [5.74, 6) is 1.41. The highest BCUT2D eigenvalue weighted by Gasteiger charge is 2.13. The molecule has 0 N–H and O–H groups in total. The number of aryl methyl sites for hydroxylation is 1. The van der Waals surface area contributed by atoms with E-state index in [-0.39, 0.29) is 0 Å². The fourth-order valence-corrected chi connectivity index (χ4v) is 3.07. The fraction of sp³-hybridized carbons (Fsp3) is 0.133. The monoisotopic (exact) mass is 402 g/mol. The maximum Gasteiger partial charge on any atom is 0.115 e. The van der Waals surface area contributed by atoms with Gasteiger partial charge >= 0.3 is 0 Å². The molecule has 0 bridgehead atoms. The number of rotatable bonds is 3. The number of aromatic nitrogens is 2. The average molecular weight is 405 g/mol. The Balaban J connectivity index is 2.29. The molecule has 0 spiro atoms. The largest absolute Gasteiger partial charge is 0.296 e. The van der Waals surface area contributed by atoms with Gasteiger partial charge in [-0.1, -0.05) is 39.1 Å². The number of benzene rings is 2. The summed E-state index contributed by atoms with van der Waals surface area (Å²) < 4.78 is 3.05. The van der Waals surface area contributed by atoms with Gasteiger partial charge in [0, 0.05) is 22.5 Å². The summed E-state index contributed by atoms with van der Waals surface area (Å²) in [5, 5.41) is 1.05. The lowest BCUT2D eigenvalue weighted by Gasteiger charge is -2.10. The Kier molecular flexibility index (Phi) is 4.46. The molecule has 0 aliphatic carbocycles. The summed E-state index contributed by atoms with van der Waals surface area (Å²) in [4.78, 5) is 4.65. The number of nitrogens with zero attached hydrogens (tertiary/aromatic N) is 2. The van der Waals surface area contributed by atoms with Crippen molar-refractivity contribution >= 4 is 61.8 Å². The lowest BCUT2D eigenvalue weighted by Crippen LogP contribution is -2.02. The zero-order chi connectivity index (χ0) is 15.0. The summed E-state index contributed by atoms with van der Waals surface area (Å²) in [6.07, 6.45) is 0.675. The standard InChI is InChI=1S/C15H10BrCl3N2/c16-9-1-4-13-14(7-9)21(15(20-13)5-6-17)10-2-3-11(18)12(19)8-10/h1-4,7-8H,5-6H2. The second-order valence-electron chi connectivity index (χ2n) is 4.53. The highest BCUT2D eigenvalue weighted by Crippen LogP contribution is 2.29. The smallest absolute Gasteiger partial charge is 0.115 e. The predicted molar refractivity (Wildman–Crippen MR) is 93.2 cm³/mol. The second kappa shape index (κ2) is 6.17. The minimum atomic E-state index is 0.506. The fourth-order valence-electron chi connectivity index (χ4n) is 2.26. The van der Waals surface area contributed by atoms with Crippen LogP contribution in [0, 0.1) is 0 Å². The Morgan fingerprint density at radius 1 is 1.05 bits per heavy atom. The minimum absolute atomic E-state index is 0.506. The van der Waals surface area contributed by atoms with Crippen molar-refractivity contribution in [2.75, 3.05) is 5.88 Å². The maximum absolute atomic E-state index is 6.14. The number of imidazole rings is 1. The molecule has 1 aromatic heterocycles. The first kappa shape index (κ1) is 15.2. The van der Waals surface area contributed by atoms with Gasteiger partial charge in [-0.25, -0.2) is 4.98 Å². The second-order valence-corrected chi connectivity index (χ2v) is 6.64. The van der Waals surface area contributed by atoms with E-state index in [1.807, 2.05) is 30.3 Å². The Bertz CT molecular complexity index is 814. The molecular formula is C15H10BrCl3N2. The van der Waals surface area contributed by atoms with Crippen molar-refractivity contribution in [3.05, 3.63) is 56.7 Å². The van der Waals surface area contributed by atoms with Crippen LogP contribution in [0.4, 0.5) is 0 Å². The molecule has 0 amide bonds. The number of hydrogen-bond donors (Lipinski definition) is 0. The summed E-state index contributed by atoms with van der Waals surface area (Å²) in [6, 6.07) is 11.5. The molecule has 1 heterocycles. The van der Waals surface area contributed by atoms with Gasteiger partial charge in [0.1, 0.15) is 5.82 Å². The van der Waals surface area contributed by atoms with Gasteiger partial charge in [-0.15, -0.1) is 11.6 Å². The van der Waals surface area contributed by atoms with Crippen LogP contribution in [0.5, 0.6) is 0 Å². The molecule has 0 unspecified atom stereocenters. The number of alkyl halides is 1. The third-order valence-corrected chi connectivity index (χ3v) is 4.59. The molecule has 2 nitrogen and oxygen atoms in total. The van der Waals surface area contributed by atoms with Crippen molar-refractivity contribution < 1.29 is 0 Å². The molecule has 0 atom stereocenters. The maximum atomic E-state index is 6.14. The lowest BCUT2D eigenvalue weighted by molar-refractivity contribution is 0.912. The van der Waals surface area contributed by atoms with E-state index in [9.17, 15) is 0 Å². The summed E-state index contributed by atoms with van der Waals surface area (Å²) in [7, 11) is 0. The number of hydrogen-bond acceptors (Lipinski definition) is 1. The Labute approximate surface area is 145 Å². The Morgan fingerprint density at radius 2 is 1.86 bits per heavy atom. The quantitative estimate of drug-likeness (QED) is 0.499. The number of fused-ring (bicyclic) bond motifs is 1. The van der Waals surface area contributed by atoms with Gasteiger partial charge in [0.25, 0.3) is 0 Å². The molecule has 0 saturated heterocycles. The predicted octanol–water partition coefficient (Wildman–Crippen LogP) is 5.88. The van der Waals surface area contributed by atoms with Gasteiger partial charge in [-0.05, 0) is 36.4 Å². The van der Waals surface area contributed by atoms with Gasteiger partial charge in [0.05, 0.1) is 21.1 Å². The van der Waals surface area contributed by atoms with Crippen LogP contribution in [0.1, 0.15) is 5.82 Å². The van der Waals surface area contributed by atoms with Gasteiger partial charge < -0.3 is 0 Å². The molecule has 0 fully saturated rings. The van der Waals surface area contributed by atoms with Crippen LogP contribution in [0.3, 0.4) is 0 Å². The lowest BCUT2D eigenvalue weighted by atomic mass is 10.2. The first-order valence-electron chi connectivity index (χ1n) is 6.28. The number of halogens is 4. The van der Waals surface area contributed by atoms with Crippen molar-refractivity contribution in [1.29, 1.82) is 0 Å². The van der Waals surface area contributed by atoms with E-state index >= 15 is 0 Å². The first-order valence-corrected chi connectivity index (χ1v) is 8.37. The van der Waals surface area contributed by atoms with Gasteiger partial charge in [-0.2, -0.15) is 0 Å². The molecular weight excluding hydrogens is 394 g/mol. The molecule has 3 aromatic rings. The van der Waals surface area contributed by atoms with Gasteiger partial charge in [0.2, 0.25) is 0 Å². The zero-order valence-electron chi connectivity index (χ0n) is 10.8. The Hall–Kier alpha value is -0.740. The van der Waals surface area contributed by atoms with E-state index in [2.05, 4.69) is 25.5 Å². The van der Waals surface area contributed by atoms with Crippen LogP contribution < -0.4 is 0 Å². The topological polar surface area (TPSA) is 17.8 Å². The molecule has 0 radical (unpaired) electrons. The molecule has 3 rings (SSSR count). The molecule has 6 heteroatoms. The molecule has 0 aliphatic rings. The molecule has 0 aliphatic heterocycles. The SMILES string of the molecule is ClCCc1nc2ccc(Br)cc2n1-c1ccc(Cl)c(Cl)c1. The third-order valence-electron chi connectivity index (χ3n) is 3.17. The van der Waals surface area contributed by atoms with Crippen molar-refractivity contribution in [1.82, 2.24) is 9.55 Å². The Morgan fingerprint density at radius 3 is 2.57 bits per heavy atom. The zero-order valence-corrected chi connectivity index (χ0v) is 14.6. The van der Waals surface area contributed by atoms with Gasteiger partial charge in [-0.3, -0.25) is 4.57 Å². The molecule has 108 valence electrons. The molecule has 2 aromatic carbocycles. The van der Waals surface area contributed by atoms with Crippen LogP contribution in [-0.2, 0) is 6.42 Å². The van der Waals surface area contributed by atoms with Crippen molar-refractivity contribution in [2.45, 2.75) is 6.42 Å². The summed E-state index contributed by atoms with van der Waals surface area (Å²) in [6.45, 7) is 0. The molecule has 21 heavy (non-hydrogen) atoms. The van der Waals surface area contributed by atoms with Crippen LogP contribution in [-0.4, -0.2) is 15.4 Å². The molecule has 0 saturated carbocycles. The van der Waals surface area contributed by atoms with E-state index in [4.69, 9.17) is 34.8 Å². The van der Waals surface area contributed by atoms with Crippen LogP contribution in [0.25, 0.3) is 16.7 Å². The van der Waals surface area contributed by atoms with E-state index < -0.39 is 0 Å². The van der Waals surface area contributed by atoms with Crippen LogP contribution in [0.2, 0.25) is 10.0 Å². The van der Waals surface area contributed by atoms with Crippen molar-refractivity contribution in [3.8, 4) is 5.69 Å². The summed E-state index contributed by atoms with van der Waals surface area (Å²) in [5.41, 5.74) is 2.84. The normalized spacial score (nSPS) is 11.2. The van der Waals surface area contributed by atoms with Crippen molar-refractivity contribution in [3.63, 3.8) is 0 Å². The van der Waals surface area contributed by atoms with E-state index in [1.54, 1.807) is 6.07 Å². The first-order chi connectivity index (χ1) is 10.1. The minimum Gasteiger partial charge on any atom is -0.296 e. The average Bonchev–Trinajstić information content (AvgIpc) is 2.80. The van der Waals surface area contributed by atoms with E-state index in [0.29, 0.717) is 22.3 Å². The van der Waals surface area contributed by atoms with Crippen LogP contribution in [0.15, 0.2) is 40.9 Å². The van der Waals surface area contributed by atoms with Crippen molar-refractivity contribution in [2.24, 2.45) is 0 Å². The highest BCUT2D eigenvalue weighted by molar-refractivity contribution is 9.10. The van der Waals surface area contributed by atoms with Gasteiger partial charge in [0.15, 0.2) is 0 Å².